The van der Waals surface area contributed by atoms with Crippen molar-refractivity contribution < 1.29 is 9.90 Å². The molecule has 2 aliphatic carbocycles. The molecule has 2 aliphatic rings. The molecular weight excluding hydrogens is 142 g/mol. The van der Waals surface area contributed by atoms with Gasteiger partial charge in [0.1, 0.15) is 5.54 Å². The Labute approximate surface area is 65.6 Å². The van der Waals surface area contributed by atoms with Crippen LogP contribution < -0.4 is 5.73 Å². The van der Waals surface area contributed by atoms with Crippen LogP contribution >= 0.6 is 0 Å². The van der Waals surface area contributed by atoms with E-state index in [4.69, 9.17) is 10.8 Å². The van der Waals surface area contributed by atoms with Gasteiger partial charge in [0.25, 0.3) is 0 Å². The van der Waals surface area contributed by atoms with Gasteiger partial charge in [-0.25, -0.2) is 0 Å². The maximum Gasteiger partial charge on any atom is 0.323 e. The van der Waals surface area contributed by atoms with Crippen molar-refractivity contribution in [3.63, 3.8) is 0 Å². The van der Waals surface area contributed by atoms with Crippen LogP contribution in [0.4, 0.5) is 0 Å². The first-order valence-electron chi connectivity index (χ1n) is 4.15. The minimum atomic E-state index is -0.872. The smallest absolute Gasteiger partial charge is 0.323 e. The Hall–Kier alpha value is -0.570. The highest BCUT2D eigenvalue weighted by atomic mass is 16.4. The monoisotopic (exact) mass is 155 g/mol. The van der Waals surface area contributed by atoms with E-state index >= 15 is 0 Å². The maximum absolute atomic E-state index is 10.8. The summed E-state index contributed by atoms with van der Waals surface area (Å²) in [5.41, 5.74) is 4.92. The summed E-state index contributed by atoms with van der Waals surface area (Å²) in [6.45, 7) is 0. The fourth-order valence-corrected chi connectivity index (χ4v) is 2.63. The van der Waals surface area contributed by atoms with E-state index in [2.05, 4.69) is 0 Å². The summed E-state index contributed by atoms with van der Waals surface area (Å²) < 4.78 is 0. The molecular formula is C8H13NO2. The molecule has 0 aromatic heterocycles. The Bertz CT molecular complexity index is 204. The first kappa shape index (κ1) is 7.10. The largest absolute Gasteiger partial charge is 0.480 e. The quantitative estimate of drug-likeness (QED) is 0.582. The van der Waals surface area contributed by atoms with Crippen molar-refractivity contribution in [1.82, 2.24) is 0 Å². The Kier molecular flexibility index (Phi) is 1.27. The number of fused-ring (bicyclic) bond motifs is 2. The number of rotatable bonds is 1. The second-order valence-corrected chi connectivity index (χ2v) is 3.93. The van der Waals surface area contributed by atoms with Gasteiger partial charge in [-0.1, -0.05) is 6.42 Å². The van der Waals surface area contributed by atoms with Gasteiger partial charge in [0, 0.05) is 0 Å². The Morgan fingerprint density at radius 1 is 1.55 bits per heavy atom. The zero-order valence-corrected chi connectivity index (χ0v) is 6.42. The summed E-state index contributed by atoms with van der Waals surface area (Å²) in [6.07, 6.45) is 3.96. The van der Waals surface area contributed by atoms with Crippen molar-refractivity contribution in [2.24, 2.45) is 17.6 Å². The molecule has 0 amide bonds. The molecule has 0 spiro atoms. The van der Waals surface area contributed by atoms with Crippen LogP contribution in [0.5, 0.6) is 0 Å². The van der Waals surface area contributed by atoms with Crippen molar-refractivity contribution >= 4 is 5.97 Å². The predicted molar refractivity (Wildman–Crippen MR) is 40.0 cm³/mol. The topological polar surface area (TPSA) is 63.3 Å². The van der Waals surface area contributed by atoms with Crippen LogP contribution in [0.1, 0.15) is 25.7 Å². The highest BCUT2D eigenvalue weighted by Gasteiger charge is 2.53. The summed E-state index contributed by atoms with van der Waals surface area (Å²) in [4.78, 5) is 10.8. The average molecular weight is 155 g/mol. The molecule has 11 heavy (non-hydrogen) atoms. The van der Waals surface area contributed by atoms with E-state index in [9.17, 15) is 4.79 Å². The lowest BCUT2D eigenvalue weighted by molar-refractivity contribution is -0.145. The molecule has 0 aromatic carbocycles. The molecule has 3 nitrogen and oxygen atoms in total. The van der Waals surface area contributed by atoms with E-state index in [1.807, 2.05) is 0 Å². The van der Waals surface area contributed by atoms with Gasteiger partial charge < -0.3 is 10.8 Å². The normalized spacial score (nSPS) is 48.1. The Balaban J connectivity index is 2.23. The number of carboxylic acid groups (broad SMARTS) is 1. The zero-order valence-electron chi connectivity index (χ0n) is 6.42. The summed E-state index contributed by atoms with van der Waals surface area (Å²) >= 11 is 0. The third-order valence-corrected chi connectivity index (χ3v) is 3.29. The van der Waals surface area contributed by atoms with Crippen LogP contribution in [0.2, 0.25) is 0 Å². The SMILES string of the molecule is N[C@]1(C(=O)O)CC2CCC1C2. The van der Waals surface area contributed by atoms with Crippen LogP contribution in [0.25, 0.3) is 0 Å². The average Bonchev–Trinajstić information content (AvgIpc) is 2.45. The summed E-state index contributed by atoms with van der Waals surface area (Å²) in [5, 5.41) is 8.87. The van der Waals surface area contributed by atoms with Crippen LogP contribution in [-0.4, -0.2) is 16.6 Å². The minimum absolute atomic E-state index is 0.255. The van der Waals surface area contributed by atoms with Gasteiger partial charge in [0.15, 0.2) is 0 Å². The number of hydrogen-bond acceptors (Lipinski definition) is 2. The van der Waals surface area contributed by atoms with E-state index in [1.165, 1.54) is 6.42 Å². The molecule has 3 atom stereocenters. The molecule has 0 aliphatic heterocycles. The second-order valence-electron chi connectivity index (χ2n) is 3.93. The van der Waals surface area contributed by atoms with Gasteiger partial charge in [-0.15, -0.1) is 0 Å². The summed E-state index contributed by atoms with van der Waals surface area (Å²) in [7, 11) is 0. The first-order chi connectivity index (χ1) is 5.13. The van der Waals surface area contributed by atoms with E-state index < -0.39 is 11.5 Å². The third kappa shape index (κ3) is 0.805. The Morgan fingerprint density at radius 3 is 2.55 bits per heavy atom. The van der Waals surface area contributed by atoms with E-state index in [-0.39, 0.29) is 5.92 Å². The number of hydrogen-bond donors (Lipinski definition) is 2. The van der Waals surface area contributed by atoms with Gasteiger partial charge in [0.2, 0.25) is 0 Å². The van der Waals surface area contributed by atoms with Crippen molar-refractivity contribution in [2.45, 2.75) is 31.2 Å². The maximum atomic E-state index is 10.8. The van der Waals surface area contributed by atoms with E-state index in [1.54, 1.807) is 0 Å². The number of carbonyl (C=O) groups is 1. The molecule has 0 heterocycles. The van der Waals surface area contributed by atoms with E-state index in [0.29, 0.717) is 12.3 Å². The lowest BCUT2D eigenvalue weighted by atomic mass is 9.82. The van der Waals surface area contributed by atoms with Gasteiger partial charge >= 0.3 is 5.97 Å². The standard InChI is InChI=1S/C8H13NO2/c9-8(7(10)11)4-5-1-2-6(8)3-5/h5-6H,1-4,9H2,(H,10,11)/t5?,6?,8-/m1/s1. The van der Waals surface area contributed by atoms with Crippen molar-refractivity contribution in [2.75, 3.05) is 0 Å². The highest BCUT2D eigenvalue weighted by molar-refractivity contribution is 5.79. The van der Waals surface area contributed by atoms with Gasteiger partial charge in [-0.2, -0.15) is 0 Å². The van der Waals surface area contributed by atoms with Crippen molar-refractivity contribution in [3.05, 3.63) is 0 Å². The van der Waals surface area contributed by atoms with Crippen LogP contribution in [0.3, 0.4) is 0 Å². The van der Waals surface area contributed by atoms with Crippen molar-refractivity contribution in [3.8, 4) is 0 Å². The number of nitrogens with two attached hydrogens (primary N) is 1. The van der Waals surface area contributed by atoms with E-state index in [0.717, 1.165) is 12.8 Å². The van der Waals surface area contributed by atoms with Crippen molar-refractivity contribution in [1.29, 1.82) is 0 Å². The first-order valence-corrected chi connectivity index (χ1v) is 4.15. The molecule has 2 unspecified atom stereocenters. The molecule has 3 N–H and O–H groups in total. The van der Waals surface area contributed by atoms with Gasteiger partial charge in [-0.05, 0) is 31.1 Å². The second kappa shape index (κ2) is 1.97. The van der Waals surface area contributed by atoms with Crippen LogP contribution in [0.15, 0.2) is 0 Å². The molecule has 0 saturated heterocycles. The van der Waals surface area contributed by atoms with Crippen LogP contribution in [-0.2, 0) is 4.79 Å². The fourth-order valence-electron chi connectivity index (χ4n) is 2.63. The molecule has 2 fully saturated rings. The highest BCUT2D eigenvalue weighted by Crippen LogP contribution is 2.49. The minimum Gasteiger partial charge on any atom is -0.480 e. The Morgan fingerprint density at radius 2 is 2.27 bits per heavy atom. The lowest BCUT2D eigenvalue weighted by Crippen LogP contribution is -2.52. The molecule has 62 valence electrons. The molecule has 2 bridgehead atoms. The molecule has 3 heteroatoms. The molecule has 0 radical (unpaired) electrons. The summed E-state index contributed by atoms with van der Waals surface area (Å²) in [6, 6.07) is 0. The summed E-state index contributed by atoms with van der Waals surface area (Å²) in [5.74, 6) is 0.0517. The van der Waals surface area contributed by atoms with Crippen LogP contribution in [0, 0.1) is 11.8 Å². The number of aliphatic carboxylic acids is 1. The van der Waals surface area contributed by atoms with Gasteiger partial charge in [-0.3, -0.25) is 4.79 Å². The third-order valence-electron chi connectivity index (χ3n) is 3.29. The predicted octanol–water partition coefficient (Wildman–Crippen LogP) is 0.588. The lowest BCUT2D eigenvalue weighted by Gasteiger charge is -2.28. The molecule has 0 aromatic rings. The zero-order chi connectivity index (χ0) is 8.06. The molecule has 2 rings (SSSR count). The number of carboxylic acids is 1. The van der Waals surface area contributed by atoms with Gasteiger partial charge in [0.05, 0.1) is 0 Å². The molecule has 2 saturated carbocycles. The fraction of sp³-hybridized carbons (Fsp3) is 0.875.